The van der Waals surface area contributed by atoms with Crippen molar-refractivity contribution in [2.24, 2.45) is 0 Å². The highest BCUT2D eigenvalue weighted by Gasteiger charge is 2.38. The standard InChI is InChI=1S/C23H31N3O2/c1-16-7-6-8-20(24-16)28-15-17-9-11-18(12-10-17)21(27)25-19-13-22(2,3)26-23(4,5)14-19/h6-12,19,26H,13-15H2,1-5H3,(H,25,27). The molecule has 0 atom stereocenters. The number of pyridine rings is 1. The molecule has 28 heavy (non-hydrogen) atoms. The molecule has 1 fully saturated rings. The number of carbonyl (C=O) groups is 1. The van der Waals surface area contributed by atoms with Crippen LogP contribution in [0.5, 0.6) is 5.88 Å². The average molecular weight is 382 g/mol. The lowest BCUT2D eigenvalue weighted by Crippen LogP contribution is -2.62. The van der Waals surface area contributed by atoms with Crippen LogP contribution in [0.25, 0.3) is 0 Å². The predicted octanol–water partition coefficient (Wildman–Crippen LogP) is 4.01. The number of nitrogens with zero attached hydrogens (tertiary/aromatic N) is 1. The van der Waals surface area contributed by atoms with Gasteiger partial charge in [0.2, 0.25) is 5.88 Å². The number of ether oxygens (including phenoxy) is 1. The van der Waals surface area contributed by atoms with Crippen molar-refractivity contribution >= 4 is 5.91 Å². The van der Waals surface area contributed by atoms with Gasteiger partial charge in [-0.2, -0.15) is 0 Å². The molecule has 150 valence electrons. The summed E-state index contributed by atoms with van der Waals surface area (Å²) < 4.78 is 5.72. The molecule has 1 amide bonds. The highest BCUT2D eigenvalue weighted by Crippen LogP contribution is 2.28. The molecule has 1 aliphatic heterocycles. The summed E-state index contributed by atoms with van der Waals surface area (Å²) in [5.41, 5.74) is 2.61. The van der Waals surface area contributed by atoms with E-state index in [4.69, 9.17) is 4.74 Å². The number of aryl methyl sites for hydroxylation is 1. The fourth-order valence-corrected chi connectivity index (χ4v) is 4.20. The molecule has 0 bridgehead atoms. The number of carbonyl (C=O) groups excluding carboxylic acids is 1. The van der Waals surface area contributed by atoms with E-state index < -0.39 is 0 Å². The normalized spacial score (nSPS) is 18.5. The molecule has 0 aliphatic carbocycles. The Kier molecular flexibility index (Phi) is 5.75. The summed E-state index contributed by atoms with van der Waals surface area (Å²) in [7, 11) is 0. The Morgan fingerprint density at radius 1 is 1.11 bits per heavy atom. The van der Waals surface area contributed by atoms with E-state index in [1.54, 1.807) is 0 Å². The third-order valence-corrected chi connectivity index (χ3v) is 4.99. The zero-order valence-electron chi connectivity index (χ0n) is 17.5. The van der Waals surface area contributed by atoms with Gasteiger partial charge < -0.3 is 15.4 Å². The van der Waals surface area contributed by atoms with E-state index in [9.17, 15) is 4.79 Å². The first-order chi connectivity index (χ1) is 13.1. The van der Waals surface area contributed by atoms with E-state index >= 15 is 0 Å². The quantitative estimate of drug-likeness (QED) is 0.821. The smallest absolute Gasteiger partial charge is 0.251 e. The van der Waals surface area contributed by atoms with E-state index in [2.05, 4.69) is 43.3 Å². The van der Waals surface area contributed by atoms with Gasteiger partial charge in [-0.15, -0.1) is 0 Å². The Hall–Kier alpha value is -2.40. The molecule has 0 saturated carbocycles. The highest BCUT2D eigenvalue weighted by molar-refractivity contribution is 5.94. The summed E-state index contributed by atoms with van der Waals surface area (Å²) >= 11 is 0. The third kappa shape index (κ3) is 5.55. The average Bonchev–Trinajstić information content (AvgIpc) is 2.57. The van der Waals surface area contributed by atoms with Crippen LogP contribution >= 0.6 is 0 Å². The molecule has 1 aromatic carbocycles. The molecule has 2 aromatic rings. The van der Waals surface area contributed by atoms with Crippen LogP contribution in [-0.4, -0.2) is 28.0 Å². The van der Waals surface area contributed by atoms with Gasteiger partial charge in [0.15, 0.2) is 0 Å². The minimum absolute atomic E-state index is 0.00468. The number of hydrogen-bond donors (Lipinski definition) is 2. The fraction of sp³-hybridized carbons (Fsp3) is 0.478. The Bertz CT molecular complexity index is 812. The molecule has 3 rings (SSSR count). The predicted molar refractivity (Wildman–Crippen MR) is 112 cm³/mol. The summed E-state index contributed by atoms with van der Waals surface area (Å²) in [6.07, 6.45) is 1.83. The Balaban J connectivity index is 1.57. The number of benzene rings is 1. The van der Waals surface area contributed by atoms with Gasteiger partial charge in [-0.3, -0.25) is 4.79 Å². The number of amides is 1. The van der Waals surface area contributed by atoms with Crippen LogP contribution < -0.4 is 15.4 Å². The Labute approximate surface area is 167 Å². The summed E-state index contributed by atoms with van der Waals surface area (Å²) in [4.78, 5) is 17.0. The van der Waals surface area contributed by atoms with Crippen LogP contribution in [0.1, 0.15) is 62.2 Å². The van der Waals surface area contributed by atoms with Crippen LogP contribution in [0.2, 0.25) is 0 Å². The van der Waals surface area contributed by atoms with Crippen molar-refractivity contribution in [2.45, 2.75) is 71.2 Å². The zero-order valence-corrected chi connectivity index (χ0v) is 17.5. The lowest BCUT2D eigenvalue weighted by molar-refractivity contribution is 0.0873. The van der Waals surface area contributed by atoms with E-state index in [0.717, 1.165) is 24.1 Å². The second-order valence-electron chi connectivity index (χ2n) is 9.07. The second-order valence-corrected chi connectivity index (χ2v) is 9.07. The molecule has 0 unspecified atom stereocenters. The molecule has 0 spiro atoms. The van der Waals surface area contributed by atoms with E-state index in [1.807, 2.05) is 49.4 Å². The maximum Gasteiger partial charge on any atom is 0.251 e. The van der Waals surface area contributed by atoms with Gasteiger partial charge in [-0.25, -0.2) is 4.98 Å². The number of nitrogens with one attached hydrogen (secondary N) is 2. The summed E-state index contributed by atoms with van der Waals surface area (Å²) in [5, 5.41) is 6.85. The fourth-order valence-electron chi connectivity index (χ4n) is 4.20. The van der Waals surface area contributed by atoms with Gasteiger partial charge in [0.1, 0.15) is 6.61 Å². The third-order valence-electron chi connectivity index (χ3n) is 4.99. The van der Waals surface area contributed by atoms with Gasteiger partial charge in [-0.1, -0.05) is 18.2 Å². The summed E-state index contributed by atoms with van der Waals surface area (Å²) in [6, 6.07) is 13.4. The SMILES string of the molecule is Cc1cccc(OCc2ccc(C(=O)NC3CC(C)(C)NC(C)(C)C3)cc2)n1. The molecule has 0 radical (unpaired) electrons. The minimum Gasteiger partial charge on any atom is -0.473 e. The number of rotatable bonds is 5. The number of piperidine rings is 1. The first-order valence-corrected chi connectivity index (χ1v) is 9.88. The maximum absolute atomic E-state index is 12.7. The number of aromatic nitrogens is 1. The lowest BCUT2D eigenvalue weighted by Gasteiger charge is -2.46. The topological polar surface area (TPSA) is 63.2 Å². The van der Waals surface area contributed by atoms with Crippen LogP contribution in [0.15, 0.2) is 42.5 Å². The number of hydrogen-bond acceptors (Lipinski definition) is 4. The molecule has 2 heterocycles. The van der Waals surface area contributed by atoms with Crippen molar-refractivity contribution in [1.29, 1.82) is 0 Å². The maximum atomic E-state index is 12.7. The molecule has 2 N–H and O–H groups in total. The van der Waals surface area contributed by atoms with Crippen molar-refractivity contribution < 1.29 is 9.53 Å². The molecular formula is C23H31N3O2. The Morgan fingerprint density at radius 2 is 1.75 bits per heavy atom. The monoisotopic (exact) mass is 381 g/mol. The zero-order chi connectivity index (χ0) is 20.4. The van der Waals surface area contributed by atoms with Crippen LogP contribution in [0, 0.1) is 6.92 Å². The van der Waals surface area contributed by atoms with E-state index in [-0.39, 0.29) is 23.0 Å². The lowest BCUT2D eigenvalue weighted by atomic mass is 9.79. The summed E-state index contributed by atoms with van der Waals surface area (Å²) in [6.45, 7) is 11.1. The van der Waals surface area contributed by atoms with Crippen LogP contribution in [0.4, 0.5) is 0 Å². The summed E-state index contributed by atoms with van der Waals surface area (Å²) in [5.74, 6) is 0.587. The van der Waals surface area contributed by atoms with E-state index in [1.165, 1.54) is 0 Å². The molecular weight excluding hydrogens is 350 g/mol. The second kappa shape index (κ2) is 7.92. The van der Waals surface area contributed by atoms with Crippen LogP contribution in [-0.2, 0) is 6.61 Å². The van der Waals surface area contributed by atoms with E-state index in [0.29, 0.717) is 18.1 Å². The molecule has 1 saturated heterocycles. The molecule has 1 aromatic heterocycles. The van der Waals surface area contributed by atoms with Crippen molar-refractivity contribution in [3.8, 4) is 5.88 Å². The highest BCUT2D eigenvalue weighted by atomic mass is 16.5. The molecule has 1 aliphatic rings. The largest absolute Gasteiger partial charge is 0.473 e. The van der Waals surface area contributed by atoms with Crippen molar-refractivity contribution in [3.63, 3.8) is 0 Å². The Morgan fingerprint density at radius 3 is 2.36 bits per heavy atom. The van der Waals surface area contributed by atoms with Gasteiger partial charge >= 0.3 is 0 Å². The van der Waals surface area contributed by atoms with Crippen molar-refractivity contribution in [2.75, 3.05) is 0 Å². The van der Waals surface area contributed by atoms with Crippen molar-refractivity contribution in [1.82, 2.24) is 15.6 Å². The molecule has 5 nitrogen and oxygen atoms in total. The first kappa shape index (κ1) is 20.3. The van der Waals surface area contributed by atoms with Gasteiger partial charge in [-0.05, 0) is 71.2 Å². The van der Waals surface area contributed by atoms with Gasteiger partial charge in [0, 0.05) is 34.4 Å². The van der Waals surface area contributed by atoms with Gasteiger partial charge in [0.25, 0.3) is 5.91 Å². The van der Waals surface area contributed by atoms with Gasteiger partial charge in [0.05, 0.1) is 0 Å². The first-order valence-electron chi connectivity index (χ1n) is 9.88. The van der Waals surface area contributed by atoms with Crippen LogP contribution in [0.3, 0.4) is 0 Å². The molecule has 5 heteroatoms. The van der Waals surface area contributed by atoms with Crippen molar-refractivity contribution in [3.05, 3.63) is 59.3 Å². The minimum atomic E-state index is -0.0219.